The molecule has 1 unspecified atom stereocenters. The molecule has 1 aliphatic rings. The van der Waals surface area contributed by atoms with Gasteiger partial charge in [0.2, 0.25) is 0 Å². The van der Waals surface area contributed by atoms with Crippen molar-refractivity contribution in [3.63, 3.8) is 0 Å². The predicted octanol–water partition coefficient (Wildman–Crippen LogP) is 1.96. The van der Waals surface area contributed by atoms with E-state index in [9.17, 15) is 14.4 Å². The molecule has 8 nitrogen and oxygen atoms in total. The molecule has 0 bridgehead atoms. The number of benzene rings is 1. The van der Waals surface area contributed by atoms with E-state index < -0.39 is 5.56 Å². The maximum atomic E-state index is 13.2. The van der Waals surface area contributed by atoms with Gasteiger partial charge in [-0.3, -0.25) is 14.4 Å². The zero-order valence-corrected chi connectivity index (χ0v) is 16.9. The normalized spacial score (nSPS) is 16.4. The monoisotopic (exact) mass is 399 g/mol. The number of likely N-dealkylation sites (tertiary alicyclic amines) is 1. The molecule has 1 aromatic carbocycles. The van der Waals surface area contributed by atoms with Gasteiger partial charge in [0.15, 0.2) is 11.4 Å². The molecule has 0 radical (unpaired) electrons. The van der Waals surface area contributed by atoms with E-state index >= 15 is 0 Å². The highest BCUT2D eigenvalue weighted by molar-refractivity contribution is 5.95. The van der Waals surface area contributed by atoms with Crippen LogP contribution in [0.5, 0.6) is 5.75 Å². The van der Waals surface area contributed by atoms with E-state index in [0.29, 0.717) is 31.7 Å². The summed E-state index contributed by atoms with van der Waals surface area (Å²) in [6.45, 7) is 4.77. The van der Waals surface area contributed by atoms with Crippen molar-refractivity contribution in [1.29, 1.82) is 0 Å². The largest absolute Gasteiger partial charge is 0.494 e. The smallest absolute Gasteiger partial charge is 0.310 e. The van der Waals surface area contributed by atoms with Crippen LogP contribution >= 0.6 is 0 Å². The Morgan fingerprint density at radius 1 is 1.24 bits per heavy atom. The Bertz CT molecular complexity index is 952. The van der Waals surface area contributed by atoms with Gasteiger partial charge < -0.3 is 14.4 Å². The molecule has 1 saturated heterocycles. The number of hydrogen-bond acceptors (Lipinski definition) is 6. The van der Waals surface area contributed by atoms with Crippen LogP contribution in [0.3, 0.4) is 0 Å². The fourth-order valence-electron chi connectivity index (χ4n) is 3.38. The van der Waals surface area contributed by atoms with Crippen LogP contribution in [0.2, 0.25) is 0 Å². The first kappa shape index (κ1) is 20.6. The van der Waals surface area contributed by atoms with Gasteiger partial charge in [-0.15, -0.1) is 0 Å². The average molecular weight is 399 g/mol. The summed E-state index contributed by atoms with van der Waals surface area (Å²) in [7, 11) is 1.39. The predicted molar refractivity (Wildman–Crippen MR) is 106 cm³/mol. The molecule has 0 aliphatic carbocycles. The van der Waals surface area contributed by atoms with Crippen LogP contribution in [0.25, 0.3) is 5.69 Å². The van der Waals surface area contributed by atoms with E-state index in [4.69, 9.17) is 9.47 Å². The van der Waals surface area contributed by atoms with Gasteiger partial charge in [0.25, 0.3) is 11.5 Å². The minimum atomic E-state index is -0.398. The van der Waals surface area contributed by atoms with Crippen LogP contribution in [-0.2, 0) is 9.53 Å². The lowest BCUT2D eigenvalue weighted by molar-refractivity contribution is -0.149. The van der Waals surface area contributed by atoms with Crippen molar-refractivity contribution in [2.75, 3.05) is 26.8 Å². The number of carbonyl (C=O) groups is 2. The molecule has 1 fully saturated rings. The second-order valence-electron chi connectivity index (χ2n) is 6.99. The lowest BCUT2D eigenvalue weighted by atomic mass is 9.98. The molecule has 8 heteroatoms. The first-order chi connectivity index (χ1) is 13.9. The topological polar surface area (TPSA) is 90.7 Å². The van der Waals surface area contributed by atoms with Gasteiger partial charge in [-0.05, 0) is 38.8 Å². The molecule has 2 heterocycles. The molecule has 0 spiro atoms. The van der Waals surface area contributed by atoms with E-state index in [1.54, 1.807) is 24.0 Å². The van der Waals surface area contributed by atoms with Crippen molar-refractivity contribution in [3.8, 4) is 11.4 Å². The summed E-state index contributed by atoms with van der Waals surface area (Å²) in [5, 5.41) is 4.30. The van der Waals surface area contributed by atoms with Crippen LogP contribution in [0.15, 0.2) is 35.1 Å². The second kappa shape index (κ2) is 8.89. The number of aromatic nitrogens is 2. The van der Waals surface area contributed by atoms with Crippen molar-refractivity contribution in [2.24, 2.45) is 5.92 Å². The highest BCUT2D eigenvalue weighted by atomic mass is 16.5. The van der Waals surface area contributed by atoms with Gasteiger partial charge in [0.1, 0.15) is 0 Å². The number of amides is 1. The molecule has 0 N–H and O–H groups in total. The van der Waals surface area contributed by atoms with Crippen molar-refractivity contribution in [2.45, 2.75) is 26.7 Å². The van der Waals surface area contributed by atoms with Gasteiger partial charge in [-0.1, -0.05) is 17.7 Å². The number of esters is 1. The van der Waals surface area contributed by atoms with Crippen LogP contribution in [0.4, 0.5) is 0 Å². The molecule has 1 aromatic heterocycles. The van der Waals surface area contributed by atoms with Crippen LogP contribution in [0, 0.1) is 12.8 Å². The zero-order chi connectivity index (χ0) is 21.0. The van der Waals surface area contributed by atoms with E-state index in [1.165, 1.54) is 17.9 Å². The highest BCUT2D eigenvalue weighted by Gasteiger charge is 2.32. The summed E-state index contributed by atoms with van der Waals surface area (Å²) in [5.74, 6) is -0.922. The zero-order valence-electron chi connectivity index (χ0n) is 16.9. The number of piperidine rings is 1. The molecular formula is C21H25N3O5. The van der Waals surface area contributed by atoms with E-state index in [2.05, 4.69) is 5.10 Å². The molecule has 29 heavy (non-hydrogen) atoms. The summed E-state index contributed by atoms with van der Waals surface area (Å²) >= 11 is 0. The first-order valence-electron chi connectivity index (χ1n) is 9.66. The third-order valence-corrected chi connectivity index (χ3v) is 4.93. The average Bonchev–Trinajstić information content (AvgIpc) is 2.74. The van der Waals surface area contributed by atoms with Gasteiger partial charge in [-0.25, -0.2) is 0 Å². The molecule has 1 atom stereocenters. The summed E-state index contributed by atoms with van der Waals surface area (Å²) < 4.78 is 11.5. The number of carbonyl (C=O) groups excluding carboxylic acids is 2. The maximum Gasteiger partial charge on any atom is 0.310 e. The molecule has 0 saturated carbocycles. The highest BCUT2D eigenvalue weighted by Crippen LogP contribution is 2.22. The summed E-state index contributed by atoms with van der Waals surface area (Å²) in [6, 6.07) is 8.52. The molecule has 3 rings (SSSR count). The van der Waals surface area contributed by atoms with E-state index in [0.717, 1.165) is 5.56 Å². The van der Waals surface area contributed by atoms with Crippen molar-refractivity contribution < 1.29 is 19.1 Å². The van der Waals surface area contributed by atoms with E-state index in [-0.39, 0.29) is 35.8 Å². The Labute approximate surface area is 169 Å². The van der Waals surface area contributed by atoms with Crippen LogP contribution in [0.1, 0.15) is 35.8 Å². The first-order valence-corrected chi connectivity index (χ1v) is 9.66. The molecule has 154 valence electrons. The maximum absolute atomic E-state index is 13.2. The standard InChI is InChI=1S/C21H25N3O5/c1-4-29-21(27)15-6-5-11-23(13-15)20(26)19-17(28-3)12-18(25)24(22-19)16-9-7-14(2)8-10-16/h7-10,12,15H,4-6,11,13H2,1-3H3. The Morgan fingerprint density at radius 3 is 2.62 bits per heavy atom. The summed E-state index contributed by atoms with van der Waals surface area (Å²) in [4.78, 5) is 39.3. The number of methoxy groups -OCH3 is 1. The molecule has 1 amide bonds. The SMILES string of the molecule is CCOC(=O)C1CCCN(C(=O)c2nn(-c3ccc(C)cc3)c(=O)cc2OC)C1. The van der Waals surface area contributed by atoms with Crippen molar-refractivity contribution in [3.05, 3.63) is 51.9 Å². The molecular weight excluding hydrogens is 374 g/mol. The van der Waals surface area contributed by atoms with Gasteiger partial charge in [0, 0.05) is 13.1 Å². The van der Waals surface area contributed by atoms with Gasteiger partial charge in [0.05, 0.1) is 31.4 Å². The molecule has 2 aromatic rings. The third-order valence-electron chi connectivity index (χ3n) is 4.93. The summed E-state index contributed by atoms with van der Waals surface area (Å²) in [6.07, 6.45) is 1.37. The van der Waals surface area contributed by atoms with Crippen LogP contribution < -0.4 is 10.3 Å². The Kier molecular flexibility index (Phi) is 6.31. The fourth-order valence-corrected chi connectivity index (χ4v) is 3.38. The van der Waals surface area contributed by atoms with Crippen molar-refractivity contribution in [1.82, 2.24) is 14.7 Å². The van der Waals surface area contributed by atoms with Gasteiger partial charge in [-0.2, -0.15) is 9.78 Å². The Hall–Kier alpha value is -3.16. The lowest BCUT2D eigenvalue weighted by Crippen LogP contribution is -2.43. The Balaban J connectivity index is 1.93. The number of hydrogen-bond donors (Lipinski definition) is 0. The van der Waals surface area contributed by atoms with Crippen LogP contribution in [-0.4, -0.2) is 53.4 Å². The van der Waals surface area contributed by atoms with Gasteiger partial charge >= 0.3 is 5.97 Å². The second-order valence-corrected chi connectivity index (χ2v) is 6.99. The fraction of sp³-hybridized carbons (Fsp3) is 0.429. The quantitative estimate of drug-likeness (QED) is 0.714. The minimum absolute atomic E-state index is 0.0391. The Morgan fingerprint density at radius 2 is 1.97 bits per heavy atom. The minimum Gasteiger partial charge on any atom is -0.494 e. The number of nitrogens with zero attached hydrogens (tertiary/aromatic N) is 3. The number of rotatable bonds is 5. The number of aryl methyl sites for hydroxylation is 1. The van der Waals surface area contributed by atoms with E-state index in [1.807, 2.05) is 19.1 Å². The number of ether oxygens (including phenoxy) is 2. The lowest BCUT2D eigenvalue weighted by Gasteiger charge is -2.31. The third kappa shape index (κ3) is 4.47. The molecule has 1 aliphatic heterocycles. The summed E-state index contributed by atoms with van der Waals surface area (Å²) in [5.41, 5.74) is 1.24. The van der Waals surface area contributed by atoms with Crippen molar-refractivity contribution >= 4 is 11.9 Å².